The summed E-state index contributed by atoms with van der Waals surface area (Å²) in [6, 6.07) is 10.5. The van der Waals surface area contributed by atoms with E-state index in [2.05, 4.69) is 24.4 Å². The quantitative estimate of drug-likeness (QED) is 0.907. The molecular formula is C15H17ClN2O2S. The van der Waals surface area contributed by atoms with Gasteiger partial charge in [0.25, 0.3) is 0 Å². The molecule has 0 amide bonds. The fourth-order valence-electron chi connectivity index (χ4n) is 1.93. The summed E-state index contributed by atoms with van der Waals surface area (Å²) in [4.78, 5) is 0.0366. The van der Waals surface area contributed by atoms with E-state index in [1.165, 1.54) is 29.3 Å². The number of aryl methyl sites for hydroxylation is 2. The Morgan fingerprint density at radius 3 is 2.43 bits per heavy atom. The molecule has 2 aromatic rings. The first-order valence-corrected chi connectivity index (χ1v) is 8.32. The molecule has 3 N–H and O–H groups in total. The van der Waals surface area contributed by atoms with E-state index in [4.69, 9.17) is 16.7 Å². The third-order valence-corrected chi connectivity index (χ3v) is 4.56. The zero-order chi connectivity index (χ0) is 15.6. The van der Waals surface area contributed by atoms with Crippen LogP contribution in [0.5, 0.6) is 0 Å². The Balaban J connectivity index is 2.21. The minimum absolute atomic E-state index is 0.0366. The largest absolute Gasteiger partial charge is 0.380 e. The predicted octanol–water partition coefficient (Wildman–Crippen LogP) is 3.22. The van der Waals surface area contributed by atoms with Gasteiger partial charge >= 0.3 is 0 Å². The van der Waals surface area contributed by atoms with Crippen LogP contribution in [0.3, 0.4) is 0 Å². The molecule has 0 atom stereocenters. The zero-order valence-electron chi connectivity index (χ0n) is 11.9. The molecule has 0 radical (unpaired) electrons. The standard InChI is InChI=1S/C15H17ClN2O2S/c1-10-3-4-12(7-11(10)2)9-18-15-8-13(21(17,19)20)5-6-14(15)16/h3-8,18H,9H2,1-2H3,(H2,17,19,20). The van der Waals surface area contributed by atoms with Crippen molar-refractivity contribution in [3.63, 3.8) is 0 Å². The lowest BCUT2D eigenvalue weighted by molar-refractivity contribution is 0.598. The molecule has 0 saturated carbocycles. The molecule has 0 fully saturated rings. The summed E-state index contributed by atoms with van der Waals surface area (Å²) < 4.78 is 22.7. The number of benzene rings is 2. The maximum atomic E-state index is 11.4. The van der Waals surface area contributed by atoms with Gasteiger partial charge in [0.05, 0.1) is 15.6 Å². The topological polar surface area (TPSA) is 72.2 Å². The van der Waals surface area contributed by atoms with Crippen LogP contribution in [0.25, 0.3) is 0 Å². The van der Waals surface area contributed by atoms with E-state index in [1.54, 1.807) is 0 Å². The number of rotatable bonds is 4. The van der Waals surface area contributed by atoms with E-state index >= 15 is 0 Å². The normalized spacial score (nSPS) is 11.4. The summed E-state index contributed by atoms with van der Waals surface area (Å²) in [7, 11) is -3.74. The first-order chi connectivity index (χ1) is 9.77. The van der Waals surface area contributed by atoms with Crippen molar-refractivity contribution in [2.75, 3.05) is 5.32 Å². The lowest BCUT2D eigenvalue weighted by atomic mass is 10.1. The zero-order valence-corrected chi connectivity index (χ0v) is 13.4. The number of nitrogens with two attached hydrogens (primary N) is 1. The molecule has 6 heteroatoms. The Labute approximate surface area is 130 Å². The van der Waals surface area contributed by atoms with Crippen LogP contribution in [0.15, 0.2) is 41.3 Å². The number of primary sulfonamides is 1. The summed E-state index contributed by atoms with van der Waals surface area (Å²) in [6.45, 7) is 4.65. The van der Waals surface area contributed by atoms with Crippen molar-refractivity contribution in [2.24, 2.45) is 5.14 Å². The maximum absolute atomic E-state index is 11.4. The van der Waals surface area contributed by atoms with Crippen molar-refractivity contribution in [1.29, 1.82) is 0 Å². The molecule has 21 heavy (non-hydrogen) atoms. The molecule has 0 spiro atoms. The molecule has 2 rings (SSSR count). The highest BCUT2D eigenvalue weighted by Gasteiger charge is 2.10. The Bertz CT molecular complexity index is 773. The van der Waals surface area contributed by atoms with Crippen molar-refractivity contribution in [1.82, 2.24) is 0 Å². The van der Waals surface area contributed by atoms with Crippen LogP contribution in [0.1, 0.15) is 16.7 Å². The van der Waals surface area contributed by atoms with Gasteiger partial charge in [-0.1, -0.05) is 29.8 Å². The summed E-state index contributed by atoms with van der Waals surface area (Å²) in [5.41, 5.74) is 4.07. The van der Waals surface area contributed by atoms with Gasteiger partial charge < -0.3 is 5.32 Å². The molecule has 0 unspecified atom stereocenters. The third kappa shape index (κ3) is 3.97. The second-order valence-electron chi connectivity index (χ2n) is 4.96. The van der Waals surface area contributed by atoms with Gasteiger partial charge in [0.1, 0.15) is 0 Å². The van der Waals surface area contributed by atoms with E-state index in [0.717, 1.165) is 5.56 Å². The number of anilines is 1. The highest BCUT2D eigenvalue weighted by Crippen LogP contribution is 2.25. The number of sulfonamides is 1. The third-order valence-electron chi connectivity index (χ3n) is 3.32. The van der Waals surface area contributed by atoms with Crippen molar-refractivity contribution in [3.05, 3.63) is 58.1 Å². The van der Waals surface area contributed by atoms with Gasteiger partial charge in [-0.2, -0.15) is 0 Å². The van der Waals surface area contributed by atoms with E-state index in [0.29, 0.717) is 17.3 Å². The molecule has 0 aromatic heterocycles. The van der Waals surface area contributed by atoms with Gasteiger partial charge in [0.15, 0.2) is 0 Å². The molecule has 0 aliphatic carbocycles. The summed E-state index contributed by atoms with van der Waals surface area (Å²) in [6.07, 6.45) is 0. The lowest BCUT2D eigenvalue weighted by Gasteiger charge is -2.11. The molecule has 0 saturated heterocycles. The molecule has 0 aliphatic heterocycles. The second-order valence-corrected chi connectivity index (χ2v) is 6.93. The summed E-state index contributed by atoms with van der Waals surface area (Å²) in [5, 5.41) is 8.71. The SMILES string of the molecule is Cc1ccc(CNc2cc(S(N)(=O)=O)ccc2Cl)cc1C. The average Bonchev–Trinajstić information content (AvgIpc) is 2.40. The van der Waals surface area contributed by atoms with E-state index < -0.39 is 10.0 Å². The maximum Gasteiger partial charge on any atom is 0.238 e. The summed E-state index contributed by atoms with van der Waals surface area (Å²) >= 11 is 6.07. The first-order valence-electron chi connectivity index (χ1n) is 6.40. The Morgan fingerprint density at radius 1 is 1.10 bits per heavy atom. The Morgan fingerprint density at radius 2 is 1.81 bits per heavy atom. The number of nitrogens with one attached hydrogen (secondary N) is 1. The average molecular weight is 325 g/mol. The Hall–Kier alpha value is -1.56. The van der Waals surface area contributed by atoms with E-state index in [-0.39, 0.29) is 4.90 Å². The smallest absolute Gasteiger partial charge is 0.238 e. The molecule has 0 heterocycles. The highest BCUT2D eigenvalue weighted by molar-refractivity contribution is 7.89. The Kier molecular flexibility index (Phi) is 4.56. The van der Waals surface area contributed by atoms with Crippen molar-refractivity contribution in [3.8, 4) is 0 Å². The van der Waals surface area contributed by atoms with Crippen LogP contribution in [-0.2, 0) is 16.6 Å². The van der Waals surface area contributed by atoms with Crippen LogP contribution >= 0.6 is 11.6 Å². The van der Waals surface area contributed by atoms with Gasteiger partial charge in [0.2, 0.25) is 10.0 Å². The molecule has 112 valence electrons. The van der Waals surface area contributed by atoms with Gasteiger partial charge in [-0.05, 0) is 48.7 Å². The summed E-state index contributed by atoms with van der Waals surface area (Å²) in [5.74, 6) is 0. The van der Waals surface area contributed by atoms with Crippen LogP contribution in [0.4, 0.5) is 5.69 Å². The van der Waals surface area contributed by atoms with Gasteiger partial charge in [-0.15, -0.1) is 0 Å². The van der Waals surface area contributed by atoms with Gasteiger partial charge in [0, 0.05) is 6.54 Å². The number of hydrogen-bond donors (Lipinski definition) is 2. The van der Waals surface area contributed by atoms with Crippen molar-refractivity contribution >= 4 is 27.3 Å². The highest BCUT2D eigenvalue weighted by atomic mass is 35.5. The second kappa shape index (κ2) is 6.05. The molecule has 0 bridgehead atoms. The predicted molar refractivity (Wildman–Crippen MR) is 86.1 cm³/mol. The molecule has 4 nitrogen and oxygen atoms in total. The van der Waals surface area contributed by atoms with Gasteiger partial charge in [-0.25, -0.2) is 13.6 Å². The first kappa shape index (κ1) is 15.8. The molecule has 0 aliphatic rings. The van der Waals surface area contributed by atoms with Crippen LogP contribution in [0, 0.1) is 13.8 Å². The van der Waals surface area contributed by atoms with Crippen LogP contribution < -0.4 is 10.5 Å². The van der Waals surface area contributed by atoms with Crippen molar-refractivity contribution < 1.29 is 8.42 Å². The fourth-order valence-corrected chi connectivity index (χ4v) is 2.65. The molecular weight excluding hydrogens is 308 g/mol. The fraction of sp³-hybridized carbons (Fsp3) is 0.200. The van der Waals surface area contributed by atoms with Crippen LogP contribution in [0.2, 0.25) is 5.02 Å². The lowest BCUT2D eigenvalue weighted by Crippen LogP contribution is -2.12. The minimum Gasteiger partial charge on any atom is -0.380 e. The van der Waals surface area contributed by atoms with Crippen molar-refractivity contribution in [2.45, 2.75) is 25.3 Å². The monoisotopic (exact) mass is 324 g/mol. The van der Waals surface area contributed by atoms with Crippen LogP contribution in [-0.4, -0.2) is 8.42 Å². The van der Waals surface area contributed by atoms with E-state index in [1.807, 2.05) is 13.0 Å². The number of halogens is 1. The molecule has 2 aromatic carbocycles. The minimum atomic E-state index is -3.74. The van der Waals surface area contributed by atoms with E-state index in [9.17, 15) is 8.42 Å². The number of hydrogen-bond acceptors (Lipinski definition) is 3. The van der Waals surface area contributed by atoms with Gasteiger partial charge in [-0.3, -0.25) is 0 Å².